The van der Waals surface area contributed by atoms with Crippen LogP contribution in [0.2, 0.25) is 0 Å². The standard InChI is InChI=1S/C13H13F2NO/c1-8-10(7-16)12(13(14)15)17-11(8)9-5-3-2-4-6-9/h2-6,13H,7,16H2,1H3. The van der Waals surface area contributed by atoms with Crippen molar-refractivity contribution >= 4 is 0 Å². The Kier molecular flexibility index (Phi) is 3.24. The molecule has 0 aliphatic carbocycles. The van der Waals surface area contributed by atoms with Crippen molar-refractivity contribution in [2.24, 2.45) is 5.73 Å². The molecule has 1 aromatic carbocycles. The van der Waals surface area contributed by atoms with E-state index < -0.39 is 6.43 Å². The third-order valence-electron chi connectivity index (χ3n) is 2.74. The fourth-order valence-electron chi connectivity index (χ4n) is 1.86. The minimum Gasteiger partial charge on any atom is -0.454 e. The monoisotopic (exact) mass is 237 g/mol. The molecular weight excluding hydrogens is 224 g/mol. The van der Waals surface area contributed by atoms with Gasteiger partial charge >= 0.3 is 0 Å². The molecule has 0 saturated carbocycles. The van der Waals surface area contributed by atoms with Gasteiger partial charge in [0.2, 0.25) is 0 Å². The van der Waals surface area contributed by atoms with E-state index in [2.05, 4.69) is 0 Å². The first-order valence-corrected chi connectivity index (χ1v) is 5.31. The molecule has 17 heavy (non-hydrogen) atoms. The van der Waals surface area contributed by atoms with Crippen LogP contribution in [0, 0.1) is 6.92 Å². The fraction of sp³-hybridized carbons (Fsp3) is 0.231. The maximum Gasteiger partial charge on any atom is 0.295 e. The van der Waals surface area contributed by atoms with Gasteiger partial charge in [0, 0.05) is 23.2 Å². The average molecular weight is 237 g/mol. The Morgan fingerprint density at radius 3 is 2.35 bits per heavy atom. The molecular formula is C13H13F2NO. The van der Waals surface area contributed by atoms with Gasteiger partial charge in [-0.15, -0.1) is 0 Å². The minimum atomic E-state index is -2.63. The summed E-state index contributed by atoms with van der Waals surface area (Å²) in [5.41, 5.74) is 7.36. The van der Waals surface area contributed by atoms with Gasteiger partial charge in [-0.25, -0.2) is 8.78 Å². The third kappa shape index (κ3) is 2.08. The lowest BCUT2D eigenvalue weighted by Gasteiger charge is -1.98. The van der Waals surface area contributed by atoms with Gasteiger partial charge in [0.05, 0.1) is 0 Å². The summed E-state index contributed by atoms with van der Waals surface area (Å²) in [4.78, 5) is 0. The molecule has 2 N–H and O–H groups in total. The Bertz CT molecular complexity index is 506. The predicted molar refractivity (Wildman–Crippen MR) is 61.7 cm³/mol. The average Bonchev–Trinajstić information content (AvgIpc) is 2.67. The zero-order chi connectivity index (χ0) is 12.4. The quantitative estimate of drug-likeness (QED) is 0.884. The van der Waals surface area contributed by atoms with Crippen LogP contribution in [-0.2, 0) is 6.54 Å². The summed E-state index contributed by atoms with van der Waals surface area (Å²) in [7, 11) is 0. The maximum absolute atomic E-state index is 12.8. The van der Waals surface area contributed by atoms with Crippen molar-refractivity contribution in [1.82, 2.24) is 0 Å². The molecule has 4 heteroatoms. The highest BCUT2D eigenvalue weighted by atomic mass is 19.3. The number of halogens is 2. The highest BCUT2D eigenvalue weighted by Gasteiger charge is 2.23. The number of hydrogen-bond donors (Lipinski definition) is 1. The van der Waals surface area contributed by atoms with Gasteiger partial charge in [0.1, 0.15) is 5.76 Å². The number of hydrogen-bond acceptors (Lipinski definition) is 2. The van der Waals surface area contributed by atoms with Gasteiger partial charge in [-0.05, 0) is 6.92 Å². The molecule has 0 amide bonds. The topological polar surface area (TPSA) is 39.2 Å². The Morgan fingerprint density at radius 2 is 1.88 bits per heavy atom. The molecule has 90 valence electrons. The van der Waals surface area contributed by atoms with Crippen LogP contribution < -0.4 is 5.73 Å². The van der Waals surface area contributed by atoms with Crippen LogP contribution in [0.25, 0.3) is 11.3 Å². The second-order valence-electron chi connectivity index (χ2n) is 3.77. The molecule has 0 saturated heterocycles. The number of furan rings is 1. The van der Waals surface area contributed by atoms with Crippen LogP contribution in [-0.4, -0.2) is 0 Å². The van der Waals surface area contributed by atoms with Gasteiger partial charge in [-0.3, -0.25) is 0 Å². The summed E-state index contributed by atoms with van der Waals surface area (Å²) in [5, 5.41) is 0. The van der Waals surface area contributed by atoms with Gasteiger partial charge < -0.3 is 10.2 Å². The summed E-state index contributed by atoms with van der Waals surface area (Å²) in [6.07, 6.45) is -2.63. The molecule has 0 bridgehead atoms. The molecule has 0 unspecified atom stereocenters. The smallest absolute Gasteiger partial charge is 0.295 e. The molecule has 0 spiro atoms. The van der Waals surface area contributed by atoms with Crippen molar-refractivity contribution in [3.8, 4) is 11.3 Å². The van der Waals surface area contributed by atoms with E-state index in [4.69, 9.17) is 10.2 Å². The molecule has 0 aliphatic heterocycles. The Hall–Kier alpha value is -1.68. The molecule has 0 atom stereocenters. The first-order valence-electron chi connectivity index (χ1n) is 5.31. The number of alkyl halides is 2. The van der Waals surface area contributed by atoms with E-state index in [1.807, 2.05) is 30.3 Å². The zero-order valence-corrected chi connectivity index (χ0v) is 9.41. The van der Waals surface area contributed by atoms with Crippen LogP contribution in [0.5, 0.6) is 0 Å². The largest absolute Gasteiger partial charge is 0.454 e. The molecule has 2 nitrogen and oxygen atoms in total. The van der Waals surface area contributed by atoms with Crippen molar-refractivity contribution in [3.05, 3.63) is 47.2 Å². The van der Waals surface area contributed by atoms with Crippen LogP contribution in [0.4, 0.5) is 8.78 Å². The fourth-order valence-corrected chi connectivity index (χ4v) is 1.86. The van der Waals surface area contributed by atoms with E-state index in [0.717, 1.165) is 5.56 Å². The molecule has 0 aliphatic rings. The van der Waals surface area contributed by atoms with E-state index >= 15 is 0 Å². The van der Waals surface area contributed by atoms with Crippen molar-refractivity contribution in [3.63, 3.8) is 0 Å². The highest BCUT2D eigenvalue weighted by Crippen LogP contribution is 2.35. The van der Waals surface area contributed by atoms with E-state index in [1.165, 1.54) is 0 Å². The van der Waals surface area contributed by atoms with Crippen LogP contribution >= 0.6 is 0 Å². The zero-order valence-electron chi connectivity index (χ0n) is 9.41. The van der Waals surface area contributed by atoms with Crippen LogP contribution in [0.3, 0.4) is 0 Å². The summed E-state index contributed by atoms with van der Waals surface area (Å²) < 4.78 is 30.8. The van der Waals surface area contributed by atoms with Crippen LogP contribution in [0.1, 0.15) is 23.3 Å². The minimum absolute atomic E-state index is 0.0574. The lowest BCUT2D eigenvalue weighted by Crippen LogP contribution is -2.00. The van der Waals surface area contributed by atoms with Crippen molar-refractivity contribution < 1.29 is 13.2 Å². The Morgan fingerprint density at radius 1 is 1.24 bits per heavy atom. The molecule has 0 fully saturated rings. The molecule has 1 aromatic heterocycles. The Labute approximate surface area is 98.0 Å². The summed E-state index contributed by atoms with van der Waals surface area (Å²) in [6, 6.07) is 9.17. The molecule has 1 heterocycles. The first kappa shape index (κ1) is 11.8. The molecule has 2 rings (SSSR count). The van der Waals surface area contributed by atoms with E-state index in [0.29, 0.717) is 16.9 Å². The molecule has 0 radical (unpaired) electrons. The first-order chi connectivity index (χ1) is 8.15. The normalized spacial score (nSPS) is 11.1. The second kappa shape index (κ2) is 4.67. The van der Waals surface area contributed by atoms with Crippen molar-refractivity contribution in [1.29, 1.82) is 0 Å². The van der Waals surface area contributed by atoms with Gasteiger partial charge in [-0.1, -0.05) is 30.3 Å². The summed E-state index contributed by atoms with van der Waals surface area (Å²) in [6.45, 7) is 1.81. The highest BCUT2D eigenvalue weighted by molar-refractivity contribution is 5.63. The van der Waals surface area contributed by atoms with Gasteiger partial charge in [0.25, 0.3) is 6.43 Å². The van der Waals surface area contributed by atoms with Crippen molar-refractivity contribution in [2.75, 3.05) is 0 Å². The number of rotatable bonds is 3. The number of nitrogens with two attached hydrogens (primary N) is 1. The summed E-state index contributed by atoms with van der Waals surface area (Å²) in [5.74, 6) is 0.158. The lowest BCUT2D eigenvalue weighted by atomic mass is 10.1. The Balaban J connectivity index is 2.57. The van der Waals surface area contributed by atoms with Gasteiger partial charge in [-0.2, -0.15) is 0 Å². The van der Waals surface area contributed by atoms with E-state index in [9.17, 15) is 8.78 Å². The van der Waals surface area contributed by atoms with E-state index in [1.54, 1.807) is 6.92 Å². The summed E-state index contributed by atoms with van der Waals surface area (Å²) >= 11 is 0. The molecule has 2 aromatic rings. The number of benzene rings is 1. The third-order valence-corrected chi connectivity index (χ3v) is 2.74. The van der Waals surface area contributed by atoms with Gasteiger partial charge in [0.15, 0.2) is 5.76 Å². The SMILES string of the molecule is Cc1c(-c2ccccc2)oc(C(F)F)c1CN. The lowest BCUT2D eigenvalue weighted by molar-refractivity contribution is 0.121. The predicted octanol–water partition coefficient (Wildman–Crippen LogP) is 3.65. The van der Waals surface area contributed by atoms with E-state index in [-0.39, 0.29) is 12.3 Å². The second-order valence-corrected chi connectivity index (χ2v) is 3.77. The maximum atomic E-state index is 12.8. The van der Waals surface area contributed by atoms with Crippen molar-refractivity contribution in [2.45, 2.75) is 19.9 Å². The van der Waals surface area contributed by atoms with Crippen LogP contribution in [0.15, 0.2) is 34.7 Å².